The summed E-state index contributed by atoms with van der Waals surface area (Å²) in [6.07, 6.45) is 1.51. The van der Waals surface area contributed by atoms with E-state index in [0.29, 0.717) is 4.47 Å². The number of phenolic OH excluding ortho intramolecular Hbond substituents is 1. The van der Waals surface area contributed by atoms with E-state index in [1.54, 1.807) is 18.2 Å². The van der Waals surface area contributed by atoms with Crippen molar-refractivity contribution in [3.05, 3.63) is 56.1 Å². The summed E-state index contributed by atoms with van der Waals surface area (Å²) in [4.78, 5) is 11.7. The summed E-state index contributed by atoms with van der Waals surface area (Å²) in [7, 11) is 0. The molecule has 1 amide bonds. The minimum atomic E-state index is -0.243. The van der Waals surface area contributed by atoms with Crippen molar-refractivity contribution >= 4 is 56.3 Å². The summed E-state index contributed by atoms with van der Waals surface area (Å²) in [5, 5.41) is 16.3. The fourth-order valence-electron chi connectivity index (χ4n) is 1.57. The first-order chi connectivity index (χ1) is 10.5. The van der Waals surface area contributed by atoms with Crippen molar-refractivity contribution in [2.24, 2.45) is 5.10 Å². The number of phenols is 1. The lowest BCUT2D eigenvalue weighted by molar-refractivity contribution is -0.119. The van der Waals surface area contributed by atoms with Crippen LogP contribution >= 0.6 is 38.5 Å². The average molecular weight is 474 g/mol. The van der Waals surface area contributed by atoms with Gasteiger partial charge in [-0.2, -0.15) is 5.10 Å². The molecule has 0 radical (unpaired) electrons. The molecule has 3 N–H and O–H groups in total. The molecule has 2 rings (SSSR count). The molecule has 0 spiro atoms. The molecule has 0 saturated carbocycles. The van der Waals surface area contributed by atoms with Gasteiger partial charge in [0.1, 0.15) is 5.75 Å². The maximum atomic E-state index is 11.7. The fraction of sp³-hybridized carbons (Fsp3) is 0.0667. The van der Waals surface area contributed by atoms with Gasteiger partial charge in [0.05, 0.1) is 17.2 Å². The molecule has 22 heavy (non-hydrogen) atoms. The molecule has 0 aliphatic rings. The number of amides is 1. The lowest BCUT2D eigenvalue weighted by Crippen LogP contribution is -2.25. The Hall–Kier alpha value is -1.61. The normalized spacial score (nSPS) is 10.6. The maximum absolute atomic E-state index is 11.7. The largest absolute Gasteiger partial charge is 0.507 e. The lowest BCUT2D eigenvalue weighted by Gasteiger charge is -2.05. The quantitative estimate of drug-likeness (QED) is 0.354. The van der Waals surface area contributed by atoms with Gasteiger partial charge in [-0.15, -0.1) is 0 Å². The van der Waals surface area contributed by atoms with E-state index in [-0.39, 0.29) is 18.2 Å². The molecule has 0 saturated heterocycles. The van der Waals surface area contributed by atoms with Crippen LogP contribution in [0.3, 0.4) is 0 Å². The Labute approximate surface area is 150 Å². The van der Waals surface area contributed by atoms with E-state index >= 15 is 0 Å². The third kappa shape index (κ3) is 5.30. The molecule has 0 aromatic heterocycles. The van der Waals surface area contributed by atoms with Crippen LogP contribution in [0, 0.1) is 3.57 Å². The van der Waals surface area contributed by atoms with Crippen molar-refractivity contribution in [1.29, 1.82) is 0 Å². The Morgan fingerprint density at radius 3 is 2.68 bits per heavy atom. The van der Waals surface area contributed by atoms with Crippen LogP contribution in [0.2, 0.25) is 0 Å². The van der Waals surface area contributed by atoms with Gasteiger partial charge in [0.25, 0.3) is 5.91 Å². The smallest absolute Gasteiger partial charge is 0.259 e. The fourth-order valence-corrected chi connectivity index (χ4v) is 2.33. The summed E-state index contributed by atoms with van der Waals surface area (Å²) in [5.41, 5.74) is 4.07. The van der Waals surface area contributed by atoms with Crippen molar-refractivity contribution in [2.45, 2.75) is 0 Å². The van der Waals surface area contributed by atoms with Crippen LogP contribution < -0.4 is 10.7 Å². The summed E-state index contributed by atoms with van der Waals surface area (Å²) < 4.78 is 1.71. The zero-order chi connectivity index (χ0) is 15.9. The molecule has 0 heterocycles. The average Bonchev–Trinajstić information content (AvgIpc) is 2.50. The van der Waals surface area contributed by atoms with Gasteiger partial charge in [-0.05, 0) is 86.5 Å². The Kier molecular flexibility index (Phi) is 6.20. The molecule has 0 unspecified atom stereocenters. The molecule has 0 fully saturated rings. The van der Waals surface area contributed by atoms with Crippen molar-refractivity contribution < 1.29 is 9.90 Å². The van der Waals surface area contributed by atoms with Crippen molar-refractivity contribution in [3.63, 3.8) is 0 Å². The van der Waals surface area contributed by atoms with E-state index in [9.17, 15) is 9.90 Å². The van der Waals surface area contributed by atoms with Gasteiger partial charge < -0.3 is 10.4 Å². The number of anilines is 1. The molecule has 0 aliphatic heterocycles. The highest BCUT2D eigenvalue weighted by Crippen LogP contribution is 2.23. The summed E-state index contributed by atoms with van der Waals surface area (Å²) in [6.45, 7) is 0.136. The van der Waals surface area contributed by atoms with Gasteiger partial charge in [-0.3, -0.25) is 4.79 Å². The Balaban J connectivity index is 1.80. The van der Waals surface area contributed by atoms with Crippen LogP contribution in [0.1, 0.15) is 5.56 Å². The molecule has 0 atom stereocenters. The second-order valence-electron chi connectivity index (χ2n) is 4.36. The van der Waals surface area contributed by atoms with Gasteiger partial charge in [0, 0.05) is 9.26 Å². The second-order valence-corrected chi connectivity index (χ2v) is 6.46. The van der Waals surface area contributed by atoms with Gasteiger partial charge in [-0.25, -0.2) is 5.43 Å². The molecule has 5 nitrogen and oxygen atoms in total. The molecular weight excluding hydrogens is 461 g/mol. The van der Waals surface area contributed by atoms with Crippen LogP contribution in [0.4, 0.5) is 5.69 Å². The monoisotopic (exact) mass is 473 g/mol. The topological polar surface area (TPSA) is 73.7 Å². The van der Waals surface area contributed by atoms with Crippen LogP contribution in [0.25, 0.3) is 0 Å². The van der Waals surface area contributed by atoms with Gasteiger partial charge in [0.15, 0.2) is 0 Å². The number of nitrogens with zero attached hydrogens (tertiary/aromatic N) is 1. The van der Waals surface area contributed by atoms with Crippen LogP contribution in [0.5, 0.6) is 5.75 Å². The zero-order valence-corrected chi connectivity index (χ0v) is 15.1. The minimum absolute atomic E-state index is 0.136. The number of carbonyl (C=O) groups is 1. The molecule has 2 aromatic carbocycles. The zero-order valence-electron chi connectivity index (χ0n) is 11.4. The Morgan fingerprint density at radius 1 is 1.27 bits per heavy atom. The highest BCUT2D eigenvalue weighted by Gasteiger charge is 2.00. The molecule has 114 valence electrons. The molecule has 0 bridgehead atoms. The number of aromatic hydroxyl groups is 1. The van der Waals surface area contributed by atoms with E-state index in [4.69, 9.17) is 0 Å². The van der Waals surface area contributed by atoms with Crippen molar-refractivity contribution in [2.75, 3.05) is 11.9 Å². The number of carbonyl (C=O) groups excluding carboxylic acids is 1. The predicted octanol–water partition coefficient (Wildman–Crippen LogP) is 3.32. The minimum Gasteiger partial charge on any atom is -0.507 e. The molecule has 7 heteroatoms. The first-order valence-electron chi connectivity index (χ1n) is 6.34. The standard InChI is InChI=1S/C15H13BrIN3O2/c16-13-7-10(1-6-14(13)21)8-19-20-15(22)9-18-12-4-2-11(17)3-5-12/h1-8,18,21H,9H2,(H,20,22)/b19-8-. The highest BCUT2D eigenvalue weighted by molar-refractivity contribution is 14.1. The third-order valence-corrected chi connectivity index (χ3v) is 4.03. The van der Waals surface area contributed by atoms with Crippen molar-refractivity contribution in [1.82, 2.24) is 5.43 Å². The van der Waals surface area contributed by atoms with Crippen molar-refractivity contribution in [3.8, 4) is 5.75 Å². The molecule has 2 aromatic rings. The number of hydrazone groups is 1. The van der Waals surface area contributed by atoms with E-state index < -0.39 is 0 Å². The number of halogens is 2. The number of nitrogens with one attached hydrogen (secondary N) is 2. The summed E-state index contributed by atoms with van der Waals surface area (Å²) in [6, 6.07) is 12.7. The third-order valence-electron chi connectivity index (χ3n) is 2.67. The summed E-state index contributed by atoms with van der Waals surface area (Å²) in [5.74, 6) is -0.0875. The van der Waals surface area contributed by atoms with Crippen LogP contribution in [0.15, 0.2) is 52.0 Å². The van der Waals surface area contributed by atoms with Crippen LogP contribution in [-0.2, 0) is 4.79 Å². The van der Waals surface area contributed by atoms with E-state index in [0.717, 1.165) is 14.8 Å². The van der Waals surface area contributed by atoms with Gasteiger partial charge >= 0.3 is 0 Å². The lowest BCUT2D eigenvalue weighted by atomic mass is 10.2. The first-order valence-corrected chi connectivity index (χ1v) is 8.21. The van der Waals surface area contributed by atoms with E-state index in [2.05, 4.69) is 54.4 Å². The number of rotatable bonds is 5. The highest BCUT2D eigenvalue weighted by atomic mass is 127. The van der Waals surface area contributed by atoms with E-state index in [1.807, 2.05) is 24.3 Å². The van der Waals surface area contributed by atoms with E-state index in [1.165, 1.54) is 6.21 Å². The van der Waals surface area contributed by atoms with Gasteiger partial charge in [0.2, 0.25) is 0 Å². The number of hydrogen-bond donors (Lipinski definition) is 3. The number of hydrogen-bond acceptors (Lipinski definition) is 4. The van der Waals surface area contributed by atoms with Gasteiger partial charge in [-0.1, -0.05) is 0 Å². The number of benzene rings is 2. The van der Waals surface area contributed by atoms with Crippen LogP contribution in [-0.4, -0.2) is 23.8 Å². The second kappa shape index (κ2) is 8.14. The molecular formula is C15H13BrIN3O2. The maximum Gasteiger partial charge on any atom is 0.259 e. The Bertz CT molecular complexity index is 690. The predicted molar refractivity (Wildman–Crippen MR) is 99.2 cm³/mol. The molecule has 0 aliphatic carbocycles. The SMILES string of the molecule is O=C(CNc1ccc(I)cc1)N/N=C\c1ccc(O)c(Br)c1. The Morgan fingerprint density at radius 2 is 2.00 bits per heavy atom. The summed E-state index contributed by atoms with van der Waals surface area (Å²) >= 11 is 5.43. The first kappa shape index (κ1) is 16.8.